The van der Waals surface area contributed by atoms with Crippen molar-refractivity contribution in [3.8, 4) is 0 Å². The van der Waals surface area contributed by atoms with E-state index in [1.165, 1.54) is 4.90 Å². The van der Waals surface area contributed by atoms with Gasteiger partial charge >= 0.3 is 12.0 Å². The Morgan fingerprint density at radius 3 is 2.23 bits per heavy atom. The van der Waals surface area contributed by atoms with Crippen molar-refractivity contribution < 1.29 is 19.1 Å². The molecule has 2 fully saturated rings. The number of hydrogen-bond donors (Lipinski definition) is 0. The fraction of sp³-hybridized carbons (Fsp3) is 0.348. The van der Waals surface area contributed by atoms with Gasteiger partial charge in [-0.25, -0.2) is 9.69 Å². The van der Waals surface area contributed by atoms with Gasteiger partial charge in [-0.1, -0.05) is 48.5 Å². The number of ether oxygens (including phenoxy) is 1. The summed E-state index contributed by atoms with van der Waals surface area (Å²) in [5.74, 6) is -0.446. The number of anilines is 1. The largest absolute Gasteiger partial charge is 0.460 e. The molecule has 0 aliphatic carbocycles. The molecule has 0 spiro atoms. The van der Waals surface area contributed by atoms with Gasteiger partial charge < -0.3 is 9.64 Å². The summed E-state index contributed by atoms with van der Waals surface area (Å²) in [6, 6.07) is 18.4. The summed E-state index contributed by atoms with van der Waals surface area (Å²) in [5.41, 5.74) is 1.57. The standard InChI is InChI=1S/C23H25N3O4/c27-21-15-25(23(29)26(21)20-9-5-2-6-10-20)19-11-13-24(14-12-19)16-22(28)30-17-18-7-3-1-4-8-18/h1-10,19H,11-17H2. The lowest BCUT2D eigenvalue weighted by Crippen LogP contribution is -2.47. The molecule has 0 saturated carbocycles. The molecule has 0 N–H and O–H groups in total. The summed E-state index contributed by atoms with van der Waals surface area (Å²) in [7, 11) is 0. The van der Waals surface area contributed by atoms with Gasteiger partial charge in [0.2, 0.25) is 0 Å². The van der Waals surface area contributed by atoms with Crippen LogP contribution in [0.15, 0.2) is 60.7 Å². The first-order chi connectivity index (χ1) is 14.6. The Labute approximate surface area is 175 Å². The van der Waals surface area contributed by atoms with E-state index in [0.717, 1.165) is 18.4 Å². The number of esters is 1. The maximum Gasteiger partial charge on any atom is 0.332 e. The van der Waals surface area contributed by atoms with Crippen molar-refractivity contribution in [3.63, 3.8) is 0 Å². The third kappa shape index (κ3) is 4.52. The summed E-state index contributed by atoms with van der Waals surface area (Å²) < 4.78 is 5.36. The van der Waals surface area contributed by atoms with Gasteiger partial charge in [0.1, 0.15) is 13.2 Å². The van der Waals surface area contributed by atoms with Crippen LogP contribution in [0.5, 0.6) is 0 Å². The van der Waals surface area contributed by atoms with Crippen LogP contribution in [0.25, 0.3) is 0 Å². The highest BCUT2D eigenvalue weighted by Crippen LogP contribution is 2.26. The second-order valence-corrected chi connectivity index (χ2v) is 7.63. The van der Waals surface area contributed by atoms with Crippen molar-refractivity contribution >= 4 is 23.6 Å². The molecule has 0 aromatic heterocycles. The minimum Gasteiger partial charge on any atom is -0.460 e. The molecule has 2 aromatic rings. The van der Waals surface area contributed by atoms with Crippen LogP contribution in [0.3, 0.4) is 0 Å². The number of benzene rings is 2. The quantitative estimate of drug-likeness (QED) is 0.544. The Morgan fingerprint density at radius 2 is 1.57 bits per heavy atom. The third-order valence-electron chi connectivity index (χ3n) is 5.60. The van der Waals surface area contributed by atoms with Crippen molar-refractivity contribution in [2.24, 2.45) is 0 Å². The molecule has 7 nitrogen and oxygen atoms in total. The SMILES string of the molecule is O=C(CN1CCC(N2CC(=O)N(c3ccccc3)C2=O)CC1)OCc1ccccc1. The highest BCUT2D eigenvalue weighted by molar-refractivity contribution is 6.19. The van der Waals surface area contributed by atoms with Gasteiger partial charge in [0.15, 0.2) is 0 Å². The predicted octanol–water partition coefficient (Wildman–Crippen LogP) is 2.66. The Morgan fingerprint density at radius 1 is 0.933 bits per heavy atom. The van der Waals surface area contributed by atoms with E-state index in [-0.39, 0.29) is 43.6 Å². The predicted molar refractivity (Wildman–Crippen MR) is 112 cm³/mol. The fourth-order valence-electron chi connectivity index (χ4n) is 3.99. The van der Waals surface area contributed by atoms with Gasteiger partial charge in [-0.2, -0.15) is 0 Å². The fourth-order valence-corrected chi connectivity index (χ4v) is 3.99. The molecule has 7 heteroatoms. The first-order valence-corrected chi connectivity index (χ1v) is 10.2. The van der Waals surface area contributed by atoms with Crippen LogP contribution in [0.2, 0.25) is 0 Å². The number of carbonyl (C=O) groups excluding carboxylic acids is 3. The number of imide groups is 1. The van der Waals surface area contributed by atoms with Gasteiger partial charge in [0.25, 0.3) is 5.91 Å². The molecule has 2 heterocycles. The number of rotatable bonds is 6. The molecule has 0 bridgehead atoms. The monoisotopic (exact) mass is 407 g/mol. The van der Waals surface area contributed by atoms with Crippen molar-refractivity contribution in [1.29, 1.82) is 0 Å². The highest BCUT2D eigenvalue weighted by Gasteiger charge is 2.41. The molecule has 2 aliphatic heterocycles. The van der Waals surface area contributed by atoms with Gasteiger partial charge in [-0.05, 0) is 30.5 Å². The number of piperidine rings is 1. The average Bonchev–Trinajstić information content (AvgIpc) is 3.08. The van der Waals surface area contributed by atoms with E-state index in [0.29, 0.717) is 18.8 Å². The van der Waals surface area contributed by atoms with Crippen LogP contribution in [-0.2, 0) is 20.9 Å². The molecular formula is C23H25N3O4. The van der Waals surface area contributed by atoms with E-state index in [4.69, 9.17) is 4.74 Å². The van der Waals surface area contributed by atoms with E-state index in [2.05, 4.69) is 0 Å². The smallest absolute Gasteiger partial charge is 0.332 e. The maximum absolute atomic E-state index is 12.8. The van der Waals surface area contributed by atoms with Crippen LogP contribution in [0.1, 0.15) is 18.4 Å². The number of carbonyl (C=O) groups is 3. The third-order valence-corrected chi connectivity index (χ3v) is 5.60. The molecular weight excluding hydrogens is 382 g/mol. The van der Waals surface area contributed by atoms with Crippen molar-refractivity contribution in [3.05, 3.63) is 66.2 Å². The van der Waals surface area contributed by atoms with E-state index in [1.807, 2.05) is 53.4 Å². The molecule has 3 amide bonds. The zero-order valence-electron chi connectivity index (χ0n) is 16.8. The van der Waals surface area contributed by atoms with Crippen molar-refractivity contribution in [1.82, 2.24) is 9.80 Å². The summed E-state index contributed by atoms with van der Waals surface area (Å²) in [6.07, 6.45) is 1.46. The molecule has 0 unspecified atom stereocenters. The molecule has 30 heavy (non-hydrogen) atoms. The topological polar surface area (TPSA) is 70.2 Å². The van der Waals surface area contributed by atoms with E-state index in [9.17, 15) is 14.4 Å². The number of amides is 3. The summed E-state index contributed by atoms with van der Waals surface area (Å²) >= 11 is 0. The van der Waals surface area contributed by atoms with Crippen LogP contribution < -0.4 is 4.90 Å². The second kappa shape index (κ2) is 9.09. The molecule has 0 atom stereocenters. The summed E-state index contributed by atoms with van der Waals surface area (Å²) in [4.78, 5) is 42.4. The Hall–Kier alpha value is -3.19. The lowest BCUT2D eigenvalue weighted by Gasteiger charge is -2.35. The van der Waals surface area contributed by atoms with Crippen LogP contribution in [-0.4, -0.2) is 59.9 Å². The lowest BCUT2D eigenvalue weighted by atomic mass is 10.0. The first kappa shape index (κ1) is 20.1. The average molecular weight is 407 g/mol. The van der Waals surface area contributed by atoms with Crippen LogP contribution >= 0.6 is 0 Å². The Kier molecular flexibility index (Phi) is 6.09. The molecule has 2 saturated heterocycles. The number of hydrogen-bond acceptors (Lipinski definition) is 5. The van der Waals surface area contributed by atoms with E-state index < -0.39 is 0 Å². The van der Waals surface area contributed by atoms with Crippen molar-refractivity contribution in [2.75, 3.05) is 31.1 Å². The second-order valence-electron chi connectivity index (χ2n) is 7.63. The van der Waals surface area contributed by atoms with E-state index in [1.54, 1.807) is 17.0 Å². The number of nitrogens with zero attached hydrogens (tertiary/aromatic N) is 3. The molecule has 2 aromatic carbocycles. The van der Waals surface area contributed by atoms with Gasteiger partial charge in [-0.15, -0.1) is 0 Å². The first-order valence-electron chi connectivity index (χ1n) is 10.2. The zero-order chi connectivity index (χ0) is 20.9. The normalized spacial score (nSPS) is 18.1. The summed E-state index contributed by atoms with van der Waals surface area (Å²) in [6.45, 7) is 2.00. The molecule has 0 radical (unpaired) electrons. The number of urea groups is 1. The Balaban J connectivity index is 1.26. The summed E-state index contributed by atoms with van der Waals surface area (Å²) in [5, 5.41) is 0. The molecule has 156 valence electrons. The number of likely N-dealkylation sites (tertiary alicyclic amines) is 1. The Bertz CT molecular complexity index is 895. The minimum atomic E-state index is -0.257. The van der Waals surface area contributed by atoms with Gasteiger partial charge in [-0.3, -0.25) is 14.5 Å². The molecule has 4 rings (SSSR count). The number of para-hydroxylation sites is 1. The van der Waals surface area contributed by atoms with Gasteiger partial charge in [0, 0.05) is 19.1 Å². The maximum atomic E-state index is 12.8. The zero-order valence-corrected chi connectivity index (χ0v) is 16.8. The minimum absolute atomic E-state index is 0.00625. The molecule has 2 aliphatic rings. The van der Waals surface area contributed by atoms with Gasteiger partial charge in [0.05, 0.1) is 12.2 Å². The van der Waals surface area contributed by atoms with Crippen molar-refractivity contribution in [2.45, 2.75) is 25.5 Å². The van der Waals surface area contributed by atoms with E-state index >= 15 is 0 Å². The highest BCUT2D eigenvalue weighted by atomic mass is 16.5. The van der Waals surface area contributed by atoms with Crippen LogP contribution in [0.4, 0.5) is 10.5 Å². The lowest BCUT2D eigenvalue weighted by molar-refractivity contribution is -0.146. The van der Waals surface area contributed by atoms with Crippen LogP contribution in [0, 0.1) is 0 Å².